The number of rotatable bonds is 5. The summed E-state index contributed by atoms with van der Waals surface area (Å²) >= 11 is 0. The molecule has 3 heterocycles. The minimum absolute atomic E-state index is 0.577. The predicted octanol–water partition coefficient (Wildman–Crippen LogP) is 12.0. The van der Waals surface area contributed by atoms with Crippen LogP contribution in [0, 0.1) is 0 Å². The molecule has 0 bridgehead atoms. The third-order valence-corrected chi connectivity index (χ3v) is 9.35. The van der Waals surface area contributed by atoms with Crippen LogP contribution < -0.4 is 0 Å². The van der Waals surface area contributed by atoms with Crippen LogP contribution in [0.2, 0.25) is 0 Å². The molecule has 0 radical (unpaired) electrons. The minimum atomic E-state index is 0.577. The molecule has 5 nitrogen and oxygen atoms in total. The molecule has 0 N–H and O–H groups in total. The molecule has 0 aliphatic heterocycles. The first-order chi connectivity index (χ1) is 24.8. The number of hydrogen-bond acceptors (Lipinski definition) is 5. The van der Waals surface area contributed by atoms with Crippen molar-refractivity contribution in [2.45, 2.75) is 0 Å². The van der Waals surface area contributed by atoms with Gasteiger partial charge in [-0.15, -0.1) is 0 Å². The Balaban J connectivity index is 1.13. The van der Waals surface area contributed by atoms with Crippen LogP contribution in [0.15, 0.2) is 173 Å². The van der Waals surface area contributed by atoms with Gasteiger partial charge in [-0.2, -0.15) is 0 Å². The van der Waals surface area contributed by atoms with Crippen molar-refractivity contribution in [1.29, 1.82) is 0 Å². The largest absolute Gasteiger partial charge is 0.455 e. The van der Waals surface area contributed by atoms with Gasteiger partial charge >= 0.3 is 0 Å². The molecule has 10 rings (SSSR count). The van der Waals surface area contributed by atoms with E-state index in [2.05, 4.69) is 78.9 Å². The average molecular weight is 642 g/mol. The van der Waals surface area contributed by atoms with E-state index >= 15 is 0 Å². The second-order valence-corrected chi connectivity index (χ2v) is 12.4. The molecular formula is C45H27N3O2. The molecule has 0 saturated carbocycles. The third kappa shape index (κ3) is 4.67. The molecule has 50 heavy (non-hydrogen) atoms. The van der Waals surface area contributed by atoms with Crippen LogP contribution in [0.1, 0.15) is 0 Å². The Morgan fingerprint density at radius 1 is 0.300 bits per heavy atom. The van der Waals surface area contributed by atoms with E-state index in [4.69, 9.17) is 23.8 Å². The molecule has 3 aromatic heterocycles. The fraction of sp³-hybridized carbons (Fsp3) is 0. The van der Waals surface area contributed by atoms with Crippen molar-refractivity contribution in [3.63, 3.8) is 0 Å². The second kappa shape index (κ2) is 11.4. The second-order valence-electron chi connectivity index (χ2n) is 12.4. The maximum atomic E-state index is 6.70. The molecule has 5 heteroatoms. The number of para-hydroxylation sites is 3. The lowest BCUT2D eigenvalue weighted by molar-refractivity contribution is 0.665. The van der Waals surface area contributed by atoms with Gasteiger partial charge < -0.3 is 8.83 Å². The van der Waals surface area contributed by atoms with Crippen LogP contribution in [-0.2, 0) is 0 Å². The number of hydrogen-bond donors (Lipinski definition) is 0. The van der Waals surface area contributed by atoms with Gasteiger partial charge in [0.15, 0.2) is 17.5 Å². The molecule has 0 fully saturated rings. The number of fused-ring (bicyclic) bond motifs is 6. The van der Waals surface area contributed by atoms with Crippen molar-refractivity contribution >= 4 is 43.9 Å². The van der Waals surface area contributed by atoms with E-state index in [1.54, 1.807) is 0 Å². The Morgan fingerprint density at radius 2 is 0.780 bits per heavy atom. The van der Waals surface area contributed by atoms with Crippen molar-refractivity contribution in [3.8, 4) is 56.4 Å². The summed E-state index contributed by atoms with van der Waals surface area (Å²) in [5.74, 6) is 1.80. The van der Waals surface area contributed by atoms with Gasteiger partial charge in [0.25, 0.3) is 0 Å². The zero-order chi connectivity index (χ0) is 33.0. The van der Waals surface area contributed by atoms with Gasteiger partial charge in [-0.3, -0.25) is 0 Å². The van der Waals surface area contributed by atoms with E-state index < -0.39 is 0 Å². The van der Waals surface area contributed by atoms with Crippen LogP contribution in [0.5, 0.6) is 0 Å². The van der Waals surface area contributed by atoms with Gasteiger partial charge in [-0.05, 0) is 35.4 Å². The van der Waals surface area contributed by atoms with Crippen molar-refractivity contribution < 1.29 is 8.83 Å². The molecule has 0 aliphatic carbocycles. The van der Waals surface area contributed by atoms with E-state index in [1.165, 1.54) is 0 Å². The van der Waals surface area contributed by atoms with Crippen LogP contribution in [-0.4, -0.2) is 15.0 Å². The van der Waals surface area contributed by atoms with Crippen LogP contribution in [0.4, 0.5) is 0 Å². The highest BCUT2D eigenvalue weighted by molar-refractivity contribution is 6.15. The normalized spacial score (nSPS) is 11.6. The predicted molar refractivity (Wildman–Crippen MR) is 202 cm³/mol. The topological polar surface area (TPSA) is 65.0 Å². The molecule has 234 valence electrons. The molecule has 0 amide bonds. The Hall–Kier alpha value is -6.85. The van der Waals surface area contributed by atoms with Crippen molar-refractivity contribution in [2.75, 3.05) is 0 Å². The summed E-state index contributed by atoms with van der Waals surface area (Å²) in [5, 5.41) is 4.25. The maximum Gasteiger partial charge on any atom is 0.164 e. The fourth-order valence-electron chi connectivity index (χ4n) is 6.93. The first kappa shape index (κ1) is 28.2. The smallest absolute Gasteiger partial charge is 0.164 e. The summed E-state index contributed by atoms with van der Waals surface area (Å²) in [6.45, 7) is 0. The van der Waals surface area contributed by atoms with Gasteiger partial charge in [0.05, 0.1) is 0 Å². The summed E-state index contributed by atoms with van der Waals surface area (Å²) in [7, 11) is 0. The summed E-state index contributed by atoms with van der Waals surface area (Å²) in [5.41, 5.74) is 10.2. The molecule has 0 saturated heterocycles. The van der Waals surface area contributed by atoms with Gasteiger partial charge in [0, 0.05) is 49.4 Å². The lowest BCUT2D eigenvalue weighted by Crippen LogP contribution is -2.00. The van der Waals surface area contributed by atoms with E-state index in [0.29, 0.717) is 17.5 Å². The van der Waals surface area contributed by atoms with E-state index in [-0.39, 0.29) is 0 Å². The Labute approximate surface area is 287 Å². The summed E-state index contributed by atoms with van der Waals surface area (Å²) < 4.78 is 13.1. The lowest BCUT2D eigenvalue weighted by Gasteiger charge is -2.09. The average Bonchev–Trinajstić information content (AvgIpc) is 3.77. The van der Waals surface area contributed by atoms with Crippen molar-refractivity contribution in [3.05, 3.63) is 164 Å². The standard InChI is InChI=1S/C45H27N3O2/c1-3-12-28(13-4-1)30-16-9-17-31(26-30)44-46-43(29-14-5-2-6-15-29)47-45(48-44)32-24-25-34-36-20-11-22-38(42(36)50-40(34)27-32)37-21-10-19-35-33-18-7-8-23-39(33)49-41(35)37/h1-27H. The first-order valence-electron chi connectivity index (χ1n) is 16.6. The highest BCUT2D eigenvalue weighted by atomic mass is 16.3. The van der Waals surface area contributed by atoms with E-state index in [1.807, 2.05) is 84.9 Å². The molecule has 0 atom stereocenters. The number of furan rings is 2. The zero-order valence-electron chi connectivity index (χ0n) is 26.7. The van der Waals surface area contributed by atoms with E-state index in [9.17, 15) is 0 Å². The SMILES string of the molecule is c1ccc(-c2cccc(-c3nc(-c4ccccc4)nc(-c4ccc5c(c4)oc4c(-c6cccc7c6oc6ccccc67)cccc45)n3)c2)cc1. The number of benzene rings is 7. The van der Waals surface area contributed by atoms with Crippen LogP contribution in [0.3, 0.4) is 0 Å². The number of nitrogens with zero attached hydrogens (tertiary/aromatic N) is 3. The van der Waals surface area contributed by atoms with Gasteiger partial charge in [0.2, 0.25) is 0 Å². The Kier molecular flexibility index (Phi) is 6.42. The summed E-state index contributed by atoms with van der Waals surface area (Å²) in [4.78, 5) is 15.0. The molecule has 7 aromatic carbocycles. The van der Waals surface area contributed by atoms with Crippen molar-refractivity contribution in [1.82, 2.24) is 15.0 Å². The van der Waals surface area contributed by atoms with Crippen molar-refractivity contribution in [2.24, 2.45) is 0 Å². The molecule has 0 unspecified atom stereocenters. The number of aromatic nitrogens is 3. The minimum Gasteiger partial charge on any atom is -0.455 e. The van der Waals surface area contributed by atoms with Crippen LogP contribution >= 0.6 is 0 Å². The molecule has 0 spiro atoms. The monoisotopic (exact) mass is 641 g/mol. The van der Waals surface area contributed by atoms with Gasteiger partial charge in [-0.1, -0.05) is 140 Å². The van der Waals surface area contributed by atoms with Gasteiger partial charge in [0.1, 0.15) is 22.3 Å². The summed E-state index contributed by atoms with van der Waals surface area (Å²) in [6, 6.07) is 55.7. The van der Waals surface area contributed by atoms with Gasteiger partial charge in [-0.25, -0.2) is 15.0 Å². The maximum absolute atomic E-state index is 6.70. The quantitative estimate of drug-likeness (QED) is 0.187. The summed E-state index contributed by atoms with van der Waals surface area (Å²) in [6.07, 6.45) is 0. The fourth-order valence-corrected chi connectivity index (χ4v) is 6.93. The molecular weight excluding hydrogens is 615 g/mol. The highest BCUT2D eigenvalue weighted by Gasteiger charge is 2.19. The Morgan fingerprint density at radius 3 is 1.48 bits per heavy atom. The molecule has 0 aliphatic rings. The first-order valence-corrected chi connectivity index (χ1v) is 16.6. The van der Waals surface area contributed by atoms with E-state index in [0.717, 1.165) is 82.8 Å². The highest BCUT2D eigenvalue weighted by Crippen LogP contribution is 2.41. The lowest BCUT2D eigenvalue weighted by atomic mass is 10.00. The van der Waals surface area contributed by atoms with Crippen LogP contribution in [0.25, 0.3) is 100 Å². The molecule has 10 aromatic rings. The third-order valence-electron chi connectivity index (χ3n) is 9.35. The Bertz CT molecular complexity index is 2870. The zero-order valence-corrected chi connectivity index (χ0v) is 26.7.